The van der Waals surface area contributed by atoms with Crippen molar-refractivity contribution < 1.29 is 102 Å². The molecule has 1 aromatic heterocycles. The highest BCUT2D eigenvalue weighted by molar-refractivity contribution is 7.80. The molecular weight excluding hydrogens is 927 g/mol. The van der Waals surface area contributed by atoms with Crippen LogP contribution in [0.25, 0.3) is 0 Å². The highest BCUT2D eigenvalue weighted by Crippen LogP contribution is 2.30. The molecule has 6 aromatic rings. The number of aromatic nitrogens is 2. The van der Waals surface area contributed by atoms with E-state index in [1.54, 1.807) is 12.4 Å². The lowest BCUT2D eigenvalue weighted by Gasteiger charge is -2.44. The molecule has 63 heavy (non-hydrogen) atoms. The van der Waals surface area contributed by atoms with Crippen molar-refractivity contribution in [2.45, 2.75) is 6.54 Å². The number of thiol groups is 1. The summed E-state index contributed by atoms with van der Waals surface area (Å²) in [5, 5.41) is 0. The smallest absolute Gasteiger partial charge is 0.364 e. The number of halogens is 20. The summed E-state index contributed by atoms with van der Waals surface area (Å²) in [5.74, 6) is -71.8. The fourth-order valence-electron chi connectivity index (χ4n) is 6.44. The molecule has 26 heteroatoms. The Balaban J connectivity index is 0.000000345. The second-order valence-electron chi connectivity index (χ2n) is 12.5. The largest absolute Gasteiger partial charge is 0.450 e. The van der Waals surface area contributed by atoms with Crippen molar-refractivity contribution in [3.05, 3.63) is 177 Å². The maximum atomic E-state index is 15.4. The fourth-order valence-corrected chi connectivity index (χ4v) is 6.55. The Kier molecular flexibility index (Phi) is 13.8. The van der Waals surface area contributed by atoms with Gasteiger partial charge < -0.3 is 4.74 Å². The quantitative estimate of drug-likeness (QED) is 0.0255. The Bertz CT molecular complexity index is 2440. The van der Waals surface area contributed by atoms with Gasteiger partial charge in [-0.2, -0.15) is 4.57 Å². The third-order valence-electron chi connectivity index (χ3n) is 9.08. The van der Waals surface area contributed by atoms with Gasteiger partial charge in [0.15, 0.2) is 82.5 Å². The van der Waals surface area contributed by atoms with E-state index in [0.29, 0.717) is 6.54 Å². The molecule has 0 aliphatic carbocycles. The molecule has 332 valence electrons. The molecule has 0 saturated carbocycles. The standard InChI is InChI=1S/C24BF20.C13H12N2O2S/c26-5-1(6(27)14(35)21(42)13(5)34)25(2-7(28)15(36)22(43)16(37)8(2)29,3-9(30)17(38)23(44)18(39)10(3)31)4-11(32)19(40)24(45)20(41)12(4)33;16-13(17-10-18)12-9-15(7-6-14-12)8-11-4-2-1-3-5-11/h;1-7,9H,8,10H2/q-1;/p+1. The summed E-state index contributed by atoms with van der Waals surface area (Å²) in [4.78, 5) is 15.5. The molecule has 0 atom stereocenters. The average molecular weight is 940 g/mol. The Morgan fingerprint density at radius 2 is 0.762 bits per heavy atom. The normalized spacial score (nSPS) is 11.4. The Morgan fingerprint density at radius 1 is 0.476 bits per heavy atom. The summed E-state index contributed by atoms with van der Waals surface area (Å²) >= 11 is 3.84. The van der Waals surface area contributed by atoms with Crippen LogP contribution in [0.4, 0.5) is 87.8 Å². The summed E-state index contributed by atoms with van der Waals surface area (Å²) in [6.07, 6.45) is -2.16. The van der Waals surface area contributed by atoms with E-state index in [9.17, 15) is 57.5 Å². The molecule has 0 radical (unpaired) electrons. The van der Waals surface area contributed by atoms with Gasteiger partial charge in [0, 0.05) is 5.56 Å². The molecule has 0 N–H and O–H groups in total. The van der Waals surface area contributed by atoms with E-state index in [1.807, 2.05) is 41.1 Å². The van der Waals surface area contributed by atoms with Gasteiger partial charge in [0.05, 0.1) is 6.20 Å². The zero-order chi connectivity index (χ0) is 47.2. The summed E-state index contributed by atoms with van der Waals surface area (Å²) in [6.45, 7) is 0.685. The first-order valence-electron chi connectivity index (χ1n) is 16.4. The first kappa shape index (κ1) is 47.7. The van der Waals surface area contributed by atoms with Crippen molar-refractivity contribution in [1.82, 2.24) is 4.98 Å². The zero-order valence-corrected chi connectivity index (χ0v) is 30.7. The van der Waals surface area contributed by atoms with Crippen LogP contribution in [-0.2, 0) is 11.3 Å². The molecule has 0 bridgehead atoms. The van der Waals surface area contributed by atoms with Crippen molar-refractivity contribution in [1.29, 1.82) is 0 Å². The van der Waals surface area contributed by atoms with Gasteiger partial charge in [-0.25, -0.2) is 97.6 Å². The van der Waals surface area contributed by atoms with Crippen LogP contribution in [0.2, 0.25) is 0 Å². The molecule has 6 rings (SSSR count). The van der Waals surface area contributed by atoms with Gasteiger partial charge in [0.25, 0.3) is 0 Å². The van der Waals surface area contributed by atoms with Gasteiger partial charge in [0.1, 0.15) is 58.6 Å². The van der Waals surface area contributed by atoms with Crippen molar-refractivity contribution >= 4 is 46.6 Å². The van der Waals surface area contributed by atoms with Gasteiger partial charge in [-0.3, -0.25) is 0 Å². The average Bonchev–Trinajstić information content (AvgIpc) is 3.27. The third kappa shape index (κ3) is 7.88. The predicted molar refractivity (Wildman–Crippen MR) is 178 cm³/mol. The van der Waals surface area contributed by atoms with Crippen LogP contribution in [0.1, 0.15) is 16.1 Å². The van der Waals surface area contributed by atoms with Crippen LogP contribution in [0.3, 0.4) is 0 Å². The Hall–Kier alpha value is -6.34. The SMILES string of the molecule is Fc1c(F)c(F)c([B-](c2c(F)c(F)c(F)c(F)c2F)(c2c(F)c(F)c(F)c(F)c2F)c2c(F)c(F)c(F)c(F)c2F)c(F)c1F.O=C(OCS)c1c[n+](Cc2ccccc2)ccn1. The number of benzene rings is 5. The molecule has 0 fully saturated rings. The van der Waals surface area contributed by atoms with Crippen LogP contribution < -0.4 is 26.4 Å². The zero-order valence-electron chi connectivity index (χ0n) is 29.8. The van der Waals surface area contributed by atoms with E-state index in [4.69, 9.17) is 4.74 Å². The van der Waals surface area contributed by atoms with E-state index >= 15 is 35.1 Å². The maximum Gasteiger partial charge on any atom is 0.364 e. The molecule has 0 spiro atoms. The van der Waals surface area contributed by atoms with Crippen molar-refractivity contribution in [2.75, 3.05) is 5.94 Å². The monoisotopic (exact) mass is 940 g/mol. The van der Waals surface area contributed by atoms with Gasteiger partial charge in [-0.1, -0.05) is 30.3 Å². The van der Waals surface area contributed by atoms with Gasteiger partial charge >= 0.3 is 5.97 Å². The topological polar surface area (TPSA) is 43.1 Å². The second-order valence-corrected chi connectivity index (χ2v) is 12.7. The molecule has 0 aliphatic rings. The molecular formula is C37H13BF20N2O2S. The summed E-state index contributed by atoms with van der Waals surface area (Å²) in [6, 6.07) is 9.98. The third-order valence-corrected chi connectivity index (χ3v) is 9.21. The second kappa shape index (κ2) is 18.2. The highest BCUT2D eigenvalue weighted by Gasteiger charge is 2.52. The minimum atomic E-state index is -7.22. The lowest BCUT2D eigenvalue weighted by molar-refractivity contribution is -0.689. The Labute approximate surface area is 342 Å². The molecule has 0 amide bonds. The number of ether oxygens (including phenoxy) is 1. The molecule has 4 nitrogen and oxygen atoms in total. The van der Waals surface area contributed by atoms with Gasteiger partial charge in [-0.15, -0.1) is 34.5 Å². The number of hydrogen-bond donors (Lipinski definition) is 1. The van der Waals surface area contributed by atoms with Crippen molar-refractivity contribution in [3.63, 3.8) is 0 Å². The molecule has 0 saturated heterocycles. The highest BCUT2D eigenvalue weighted by atomic mass is 32.1. The van der Waals surface area contributed by atoms with E-state index in [-0.39, 0.29) is 11.6 Å². The molecule has 5 aromatic carbocycles. The minimum Gasteiger partial charge on any atom is -0.450 e. The van der Waals surface area contributed by atoms with Crippen LogP contribution >= 0.6 is 12.6 Å². The van der Waals surface area contributed by atoms with Crippen molar-refractivity contribution in [2.24, 2.45) is 0 Å². The summed E-state index contributed by atoms with van der Waals surface area (Å²) in [7, 11) is 0. The number of esters is 1. The Morgan fingerprint density at radius 3 is 1.05 bits per heavy atom. The summed E-state index contributed by atoms with van der Waals surface area (Å²) in [5.41, 5.74) is -12.9. The van der Waals surface area contributed by atoms with Crippen LogP contribution in [0.15, 0.2) is 48.9 Å². The molecule has 0 aliphatic heterocycles. The minimum absolute atomic E-state index is 0.0497. The molecule has 1 heterocycles. The van der Waals surface area contributed by atoms with Crippen molar-refractivity contribution in [3.8, 4) is 0 Å². The number of hydrogen-bond acceptors (Lipinski definition) is 4. The lowest BCUT2D eigenvalue weighted by Crippen LogP contribution is -2.81. The van der Waals surface area contributed by atoms with E-state index in [1.165, 1.54) is 0 Å². The number of carbonyl (C=O) groups excluding carboxylic acids is 1. The lowest BCUT2D eigenvalue weighted by atomic mass is 9.12. The number of rotatable bonds is 8. The number of nitrogens with zero attached hydrogens (tertiary/aromatic N) is 2. The number of carbonyl (C=O) groups is 1. The van der Waals surface area contributed by atoms with Crippen LogP contribution in [-0.4, -0.2) is 23.0 Å². The van der Waals surface area contributed by atoms with Crippen LogP contribution in [0, 0.1) is 116 Å². The van der Waals surface area contributed by atoms with E-state index < -0.39 is 150 Å². The predicted octanol–water partition coefficient (Wildman–Crippen LogP) is 7.31. The molecule has 0 unspecified atom stereocenters. The van der Waals surface area contributed by atoms with Gasteiger partial charge in [0.2, 0.25) is 11.9 Å². The van der Waals surface area contributed by atoms with Gasteiger partial charge in [-0.05, 0) is 0 Å². The first-order valence-corrected chi connectivity index (χ1v) is 17.0. The van der Waals surface area contributed by atoms with E-state index in [0.717, 1.165) is 5.56 Å². The maximum absolute atomic E-state index is 15.4. The summed E-state index contributed by atoms with van der Waals surface area (Å²) < 4.78 is 301. The van der Waals surface area contributed by atoms with Crippen LogP contribution in [0.5, 0.6) is 0 Å². The fraction of sp³-hybridized carbons (Fsp3) is 0.0541. The van der Waals surface area contributed by atoms with E-state index in [2.05, 4.69) is 17.6 Å². The first-order chi connectivity index (χ1) is 29.5.